The van der Waals surface area contributed by atoms with Crippen LogP contribution in [0.15, 0.2) is 23.5 Å². The first-order valence-corrected chi connectivity index (χ1v) is 5.96. The first-order chi connectivity index (χ1) is 8.43. The molecule has 2 aliphatic heterocycles. The van der Waals surface area contributed by atoms with Gasteiger partial charge >= 0.3 is 5.97 Å². The molecule has 9 heteroatoms. The van der Waals surface area contributed by atoms with E-state index < -0.39 is 28.2 Å². The van der Waals surface area contributed by atoms with E-state index in [4.69, 9.17) is 10.8 Å². The number of fused-ring (bicyclic) bond motifs is 1. The van der Waals surface area contributed by atoms with Gasteiger partial charge < -0.3 is 10.8 Å². The SMILES string of the molecule is NC1C(=O)N2C(C(=O)O)=C(C=C[N+](=O)[O-])CS[C@H]12. The largest absolute Gasteiger partial charge is 0.477 e. The highest BCUT2D eigenvalue weighted by atomic mass is 32.2. The maximum Gasteiger partial charge on any atom is 0.352 e. The summed E-state index contributed by atoms with van der Waals surface area (Å²) in [6.07, 6.45) is 1.76. The summed E-state index contributed by atoms with van der Waals surface area (Å²) in [6.45, 7) is 0. The van der Waals surface area contributed by atoms with Crippen LogP contribution in [-0.4, -0.2) is 44.0 Å². The van der Waals surface area contributed by atoms with Crippen LogP contribution in [0, 0.1) is 10.1 Å². The second kappa shape index (κ2) is 4.42. The Kier molecular flexibility index (Phi) is 3.09. The van der Waals surface area contributed by atoms with Crippen molar-refractivity contribution in [1.82, 2.24) is 4.90 Å². The van der Waals surface area contributed by atoms with Crippen molar-refractivity contribution in [3.63, 3.8) is 0 Å². The van der Waals surface area contributed by atoms with Crippen LogP contribution in [0.5, 0.6) is 0 Å². The molecule has 0 aromatic heterocycles. The van der Waals surface area contributed by atoms with Gasteiger partial charge in [0.15, 0.2) is 0 Å². The Morgan fingerprint density at radius 2 is 2.33 bits per heavy atom. The molecule has 2 rings (SSSR count). The smallest absolute Gasteiger partial charge is 0.352 e. The number of nitrogens with zero attached hydrogens (tertiary/aromatic N) is 2. The molecule has 18 heavy (non-hydrogen) atoms. The van der Waals surface area contributed by atoms with E-state index in [-0.39, 0.29) is 17.0 Å². The van der Waals surface area contributed by atoms with Crippen LogP contribution >= 0.6 is 11.8 Å². The zero-order valence-corrected chi connectivity index (χ0v) is 9.79. The predicted octanol–water partition coefficient (Wildman–Crippen LogP) is -0.642. The first kappa shape index (κ1) is 12.6. The fraction of sp³-hybridized carbons (Fsp3) is 0.333. The van der Waals surface area contributed by atoms with E-state index in [1.807, 2.05) is 0 Å². The van der Waals surface area contributed by atoms with Gasteiger partial charge in [-0.3, -0.25) is 19.8 Å². The van der Waals surface area contributed by atoms with Crippen LogP contribution in [0.4, 0.5) is 0 Å². The Balaban J connectivity index is 2.38. The number of β-lactam (4-membered cyclic amide) rings is 1. The second-order valence-corrected chi connectivity index (χ2v) is 4.82. The Bertz CT molecular complexity index is 500. The normalized spacial score (nSPS) is 27.2. The number of hydrogen-bond donors (Lipinski definition) is 2. The van der Waals surface area contributed by atoms with Gasteiger partial charge in [0.05, 0.1) is 4.92 Å². The molecule has 1 unspecified atom stereocenters. The Morgan fingerprint density at radius 1 is 1.67 bits per heavy atom. The van der Waals surface area contributed by atoms with E-state index in [0.717, 1.165) is 11.0 Å². The molecule has 1 fully saturated rings. The molecule has 0 bridgehead atoms. The Labute approximate surface area is 105 Å². The summed E-state index contributed by atoms with van der Waals surface area (Å²) in [7, 11) is 0. The van der Waals surface area contributed by atoms with Crippen molar-refractivity contribution in [2.75, 3.05) is 5.75 Å². The molecule has 0 aromatic rings. The molecule has 2 heterocycles. The molecule has 0 spiro atoms. The number of allylic oxidation sites excluding steroid dienone is 1. The van der Waals surface area contributed by atoms with E-state index in [0.29, 0.717) is 6.20 Å². The molecule has 0 aromatic carbocycles. The molecule has 1 saturated heterocycles. The average Bonchev–Trinajstić information content (AvgIpc) is 2.33. The minimum atomic E-state index is -1.29. The van der Waals surface area contributed by atoms with E-state index >= 15 is 0 Å². The topological polar surface area (TPSA) is 127 Å². The van der Waals surface area contributed by atoms with Crippen molar-refractivity contribution >= 4 is 23.6 Å². The van der Waals surface area contributed by atoms with Gasteiger partial charge in [-0.2, -0.15) is 0 Å². The average molecular weight is 271 g/mol. The number of aliphatic carboxylic acids is 1. The molecule has 96 valence electrons. The Hall–Kier alpha value is -1.87. The van der Waals surface area contributed by atoms with Crippen molar-refractivity contribution in [2.24, 2.45) is 5.73 Å². The van der Waals surface area contributed by atoms with Gasteiger partial charge in [-0.15, -0.1) is 11.8 Å². The highest BCUT2D eigenvalue weighted by Crippen LogP contribution is 2.39. The molecule has 2 atom stereocenters. The quantitative estimate of drug-likeness (QED) is 0.397. The summed E-state index contributed by atoms with van der Waals surface area (Å²) in [5.74, 6) is -1.49. The highest BCUT2D eigenvalue weighted by Gasteiger charge is 2.51. The van der Waals surface area contributed by atoms with Crippen molar-refractivity contribution in [3.8, 4) is 0 Å². The van der Waals surface area contributed by atoms with Crippen LogP contribution < -0.4 is 5.73 Å². The monoisotopic (exact) mass is 271 g/mol. The summed E-state index contributed by atoms with van der Waals surface area (Å²) in [5.41, 5.74) is 5.57. The van der Waals surface area contributed by atoms with Gasteiger partial charge in [-0.25, -0.2) is 4.79 Å². The van der Waals surface area contributed by atoms with Crippen molar-refractivity contribution in [1.29, 1.82) is 0 Å². The van der Waals surface area contributed by atoms with Crippen LogP contribution in [0.2, 0.25) is 0 Å². The molecular weight excluding hydrogens is 262 g/mol. The van der Waals surface area contributed by atoms with Gasteiger partial charge in [0.1, 0.15) is 17.1 Å². The molecule has 2 aliphatic rings. The third-order valence-electron chi connectivity index (χ3n) is 2.64. The first-order valence-electron chi connectivity index (χ1n) is 4.92. The van der Waals surface area contributed by atoms with E-state index in [2.05, 4.69) is 0 Å². The molecule has 1 amide bonds. The summed E-state index contributed by atoms with van der Waals surface area (Å²) in [4.78, 5) is 33.3. The number of amides is 1. The van der Waals surface area contributed by atoms with Gasteiger partial charge in [0.2, 0.25) is 12.1 Å². The number of nitrogens with two attached hydrogens (primary N) is 1. The fourth-order valence-corrected chi connectivity index (χ4v) is 3.08. The summed E-state index contributed by atoms with van der Waals surface area (Å²) < 4.78 is 0. The number of carboxylic acid groups (broad SMARTS) is 1. The van der Waals surface area contributed by atoms with Crippen LogP contribution in [-0.2, 0) is 9.59 Å². The molecular formula is C9H9N3O5S. The van der Waals surface area contributed by atoms with E-state index in [1.54, 1.807) is 0 Å². The van der Waals surface area contributed by atoms with Crippen molar-refractivity contribution in [3.05, 3.63) is 33.7 Å². The summed E-state index contributed by atoms with van der Waals surface area (Å²) in [5, 5.41) is 18.9. The van der Waals surface area contributed by atoms with E-state index in [1.165, 1.54) is 11.8 Å². The number of hydrogen-bond acceptors (Lipinski definition) is 6. The summed E-state index contributed by atoms with van der Waals surface area (Å²) in [6, 6.07) is -0.703. The lowest BCUT2D eigenvalue weighted by molar-refractivity contribution is -0.402. The highest BCUT2D eigenvalue weighted by molar-refractivity contribution is 8.00. The molecule has 0 aliphatic carbocycles. The van der Waals surface area contributed by atoms with Crippen LogP contribution in [0.1, 0.15) is 0 Å². The predicted molar refractivity (Wildman–Crippen MR) is 61.9 cm³/mol. The lowest BCUT2D eigenvalue weighted by Crippen LogP contribution is -2.68. The summed E-state index contributed by atoms with van der Waals surface area (Å²) >= 11 is 1.29. The second-order valence-electron chi connectivity index (χ2n) is 3.72. The number of carboxylic acids is 1. The number of carbonyl (C=O) groups is 2. The number of nitro groups is 1. The van der Waals surface area contributed by atoms with E-state index in [9.17, 15) is 19.7 Å². The molecule has 0 radical (unpaired) electrons. The maximum atomic E-state index is 11.5. The zero-order valence-electron chi connectivity index (χ0n) is 8.98. The molecule has 8 nitrogen and oxygen atoms in total. The van der Waals surface area contributed by atoms with Gasteiger partial charge in [0, 0.05) is 11.8 Å². The zero-order chi connectivity index (χ0) is 13.4. The van der Waals surface area contributed by atoms with Gasteiger partial charge in [-0.1, -0.05) is 0 Å². The maximum absolute atomic E-state index is 11.5. The number of thioether (sulfide) groups is 1. The Morgan fingerprint density at radius 3 is 2.89 bits per heavy atom. The minimum Gasteiger partial charge on any atom is -0.477 e. The van der Waals surface area contributed by atoms with Crippen molar-refractivity contribution < 1.29 is 19.6 Å². The van der Waals surface area contributed by atoms with Gasteiger partial charge in [0.25, 0.3) is 0 Å². The molecule has 3 N–H and O–H groups in total. The minimum absolute atomic E-state index is 0.219. The van der Waals surface area contributed by atoms with Crippen LogP contribution in [0.3, 0.4) is 0 Å². The number of carbonyl (C=O) groups excluding carboxylic acids is 1. The third-order valence-corrected chi connectivity index (χ3v) is 3.96. The van der Waals surface area contributed by atoms with Gasteiger partial charge in [-0.05, 0) is 5.57 Å². The lowest BCUT2D eigenvalue weighted by Gasteiger charge is -2.47. The number of rotatable bonds is 3. The fourth-order valence-electron chi connectivity index (χ4n) is 1.82. The lowest BCUT2D eigenvalue weighted by atomic mass is 10.0. The molecule has 0 saturated carbocycles. The third kappa shape index (κ3) is 1.87. The van der Waals surface area contributed by atoms with Crippen molar-refractivity contribution in [2.45, 2.75) is 11.4 Å². The standard InChI is InChI=1S/C9H9N3O5S/c10-5-7(13)12-6(9(14)15)4(1-2-11(16)17)3-18-8(5)12/h1-2,5,8H,3,10H2,(H,14,15)/t5?,8-/m1/s1. The van der Waals surface area contributed by atoms with Crippen LogP contribution in [0.25, 0.3) is 0 Å².